The number of ether oxygens (including phenoxy) is 2. The van der Waals surface area contributed by atoms with Crippen LogP contribution in [0.25, 0.3) is 0 Å². The molecule has 0 bridgehead atoms. The second-order valence-corrected chi connectivity index (χ2v) is 6.71. The molecule has 1 amide bonds. The number of benzene rings is 1. The molecule has 0 aliphatic carbocycles. The molecule has 2 rings (SSSR count). The maximum atomic E-state index is 12.4. The van der Waals surface area contributed by atoms with Gasteiger partial charge in [-0.2, -0.15) is 11.8 Å². The monoisotopic (exact) mass is 352 g/mol. The van der Waals surface area contributed by atoms with E-state index in [1.165, 1.54) is 0 Å². The number of hydrogen-bond acceptors (Lipinski definition) is 6. The molecule has 1 heterocycles. The zero-order chi connectivity index (χ0) is 17.5. The van der Waals surface area contributed by atoms with Gasteiger partial charge in [0.1, 0.15) is 11.8 Å². The van der Waals surface area contributed by atoms with Crippen molar-refractivity contribution in [1.82, 2.24) is 4.90 Å². The Morgan fingerprint density at radius 2 is 2.21 bits per heavy atom. The van der Waals surface area contributed by atoms with E-state index in [9.17, 15) is 9.59 Å². The van der Waals surface area contributed by atoms with Crippen LogP contribution in [0.1, 0.15) is 12.5 Å². The van der Waals surface area contributed by atoms with Crippen LogP contribution in [0.2, 0.25) is 0 Å². The maximum absolute atomic E-state index is 12.4. The minimum absolute atomic E-state index is 0.154. The number of carbonyl (C=O) groups is 2. The SMILES string of the molecule is CCOC(=O)C1CSCCN1CC(=O)Nc1cc(C)ccc1OC. The lowest BCUT2D eigenvalue weighted by atomic mass is 10.2. The molecule has 24 heavy (non-hydrogen) atoms. The van der Waals surface area contributed by atoms with Crippen LogP contribution >= 0.6 is 11.8 Å². The molecule has 1 aromatic rings. The molecule has 1 atom stereocenters. The van der Waals surface area contributed by atoms with E-state index in [2.05, 4.69) is 5.32 Å². The van der Waals surface area contributed by atoms with Crippen molar-refractivity contribution in [3.63, 3.8) is 0 Å². The third kappa shape index (κ3) is 4.88. The molecular weight excluding hydrogens is 328 g/mol. The number of hydrogen-bond donors (Lipinski definition) is 1. The van der Waals surface area contributed by atoms with E-state index in [4.69, 9.17) is 9.47 Å². The predicted molar refractivity (Wildman–Crippen MR) is 95.7 cm³/mol. The molecule has 1 aliphatic rings. The molecular formula is C17H24N2O4S. The zero-order valence-electron chi connectivity index (χ0n) is 14.3. The van der Waals surface area contributed by atoms with Crippen molar-refractivity contribution in [2.45, 2.75) is 19.9 Å². The molecule has 1 aromatic carbocycles. The normalized spacial score (nSPS) is 18.0. The van der Waals surface area contributed by atoms with E-state index in [-0.39, 0.29) is 24.5 Å². The number of nitrogens with one attached hydrogen (secondary N) is 1. The van der Waals surface area contributed by atoms with Gasteiger partial charge >= 0.3 is 5.97 Å². The number of amides is 1. The number of carbonyl (C=O) groups excluding carboxylic acids is 2. The summed E-state index contributed by atoms with van der Waals surface area (Å²) in [4.78, 5) is 26.4. The summed E-state index contributed by atoms with van der Waals surface area (Å²) in [5.74, 6) is 1.74. The first-order chi connectivity index (χ1) is 11.5. The summed E-state index contributed by atoms with van der Waals surface area (Å²) < 4.78 is 10.4. The summed E-state index contributed by atoms with van der Waals surface area (Å²) >= 11 is 1.71. The largest absolute Gasteiger partial charge is 0.495 e. The predicted octanol–water partition coefficient (Wildman–Crippen LogP) is 1.92. The number of methoxy groups -OCH3 is 1. The first kappa shape index (κ1) is 18.6. The van der Waals surface area contributed by atoms with E-state index < -0.39 is 0 Å². The standard InChI is InChI=1S/C17H24N2O4S/c1-4-23-17(21)14-11-24-8-7-19(14)10-16(20)18-13-9-12(2)5-6-15(13)22-3/h5-6,9,14H,4,7-8,10-11H2,1-3H3,(H,18,20). The summed E-state index contributed by atoms with van der Waals surface area (Å²) in [5, 5.41) is 2.88. The first-order valence-corrected chi connectivity index (χ1v) is 9.13. The second-order valence-electron chi connectivity index (χ2n) is 5.57. The van der Waals surface area contributed by atoms with Gasteiger partial charge in [-0.25, -0.2) is 0 Å². The number of nitrogens with zero attached hydrogens (tertiary/aromatic N) is 1. The highest BCUT2D eigenvalue weighted by atomic mass is 32.2. The lowest BCUT2D eigenvalue weighted by Crippen LogP contribution is -2.50. The summed E-state index contributed by atoms with van der Waals surface area (Å²) in [7, 11) is 1.57. The summed E-state index contributed by atoms with van der Waals surface area (Å²) in [5.41, 5.74) is 1.67. The molecule has 7 heteroatoms. The van der Waals surface area contributed by atoms with Crippen molar-refractivity contribution in [2.75, 3.05) is 43.6 Å². The fraction of sp³-hybridized carbons (Fsp3) is 0.529. The summed E-state index contributed by atoms with van der Waals surface area (Å²) in [6.07, 6.45) is 0. The van der Waals surface area contributed by atoms with Crippen molar-refractivity contribution in [3.8, 4) is 5.75 Å². The molecule has 6 nitrogen and oxygen atoms in total. The molecule has 0 spiro atoms. The number of aryl methyl sites for hydroxylation is 1. The third-order valence-corrected chi connectivity index (χ3v) is 4.80. The van der Waals surface area contributed by atoms with Crippen molar-refractivity contribution in [3.05, 3.63) is 23.8 Å². The fourth-order valence-electron chi connectivity index (χ4n) is 2.58. The lowest BCUT2D eigenvalue weighted by Gasteiger charge is -2.32. The van der Waals surface area contributed by atoms with Gasteiger partial charge in [0.25, 0.3) is 0 Å². The van der Waals surface area contributed by atoms with Gasteiger partial charge in [0, 0.05) is 18.1 Å². The highest BCUT2D eigenvalue weighted by Gasteiger charge is 2.31. The Hall–Kier alpha value is -1.73. The molecule has 1 saturated heterocycles. The van der Waals surface area contributed by atoms with E-state index in [1.807, 2.05) is 30.0 Å². The van der Waals surface area contributed by atoms with Gasteiger partial charge in [-0.1, -0.05) is 6.07 Å². The minimum Gasteiger partial charge on any atom is -0.495 e. The van der Waals surface area contributed by atoms with Gasteiger partial charge in [0.2, 0.25) is 5.91 Å². The third-order valence-electron chi connectivity index (χ3n) is 3.77. The zero-order valence-corrected chi connectivity index (χ0v) is 15.1. The Morgan fingerprint density at radius 3 is 2.92 bits per heavy atom. The minimum atomic E-state index is -0.367. The van der Waals surface area contributed by atoms with Crippen molar-refractivity contribution in [1.29, 1.82) is 0 Å². The molecule has 0 aromatic heterocycles. The Morgan fingerprint density at radius 1 is 1.42 bits per heavy atom. The van der Waals surface area contributed by atoms with Crippen LogP contribution in [-0.2, 0) is 14.3 Å². The van der Waals surface area contributed by atoms with Crippen LogP contribution in [0.3, 0.4) is 0 Å². The van der Waals surface area contributed by atoms with Gasteiger partial charge in [0.15, 0.2) is 0 Å². The molecule has 1 aliphatic heterocycles. The van der Waals surface area contributed by atoms with Crippen LogP contribution in [0.15, 0.2) is 18.2 Å². The van der Waals surface area contributed by atoms with E-state index in [0.29, 0.717) is 30.3 Å². The summed E-state index contributed by atoms with van der Waals surface area (Å²) in [6, 6.07) is 5.25. The average molecular weight is 352 g/mol. The quantitative estimate of drug-likeness (QED) is 0.789. The van der Waals surface area contributed by atoms with Crippen LogP contribution < -0.4 is 10.1 Å². The lowest BCUT2D eigenvalue weighted by molar-refractivity contribution is -0.148. The molecule has 1 unspecified atom stereocenters. The molecule has 1 fully saturated rings. The van der Waals surface area contributed by atoms with Crippen LogP contribution in [-0.4, -0.2) is 61.1 Å². The molecule has 132 valence electrons. The number of anilines is 1. The van der Waals surface area contributed by atoms with Crippen LogP contribution in [0, 0.1) is 6.92 Å². The number of thioether (sulfide) groups is 1. The Kier molecular flexibility index (Phi) is 6.93. The first-order valence-electron chi connectivity index (χ1n) is 7.98. The van der Waals surface area contributed by atoms with E-state index in [1.54, 1.807) is 25.8 Å². The maximum Gasteiger partial charge on any atom is 0.324 e. The summed E-state index contributed by atoms with van der Waals surface area (Å²) in [6.45, 7) is 4.93. The Bertz CT molecular complexity index is 594. The van der Waals surface area contributed by atoms with E-state index >= 15 is 0 Å². The Balaban J connectivity index is 2.02. The van der Waals surface area contributed by atoms with Crippen molar-refractivity contribution >= 4 is 29.3 Å². The smallest absolute Gasteiger partial charge is 0.324 e. The Labute approximate surface area is 146 Å². The highest BCUT2D eigenvalue weighted by molar-refractivity contribution is 7.99. The van der Waals surface area contributed by atoms with Gasteiger partial charge in [-0.3, -0.25) is 14.5 Å². The van der Waals surface area contributed by atoms with Gasteiger partial charge in [0.05, 0.1) is 25.9 Å². The molecule has 0 radical (unpaired) electrons. The molecule has 1 N–H and O–H groups in total. The topological polar surface area (TPSA) is 67.9 Å². The van der Waals surface area contributed by atoms with Gasteiger partial charge in [-0.05, 0) is 31.5 Å². The average Bonchev–Trinajstić information content (AvgIpc) is 2.55. The molecule has 0 saturated carbocycles. The van der Waals surface area contributed by atoms with Crippen LogP contribution in [0.5, 0.6) is 5.75 Å². The van der Waals surface area contributed by atoms with Gasteiger partial charge in [-0.15, -0.1) is 0 Å². The van der Waals surface area contributed by atoms with E-state index in [0.717, 1.165) is 11.3 Å². The number of esters is 1. The number of rotatable bonds is 6. The highest BCUT2D eigenvalue weighted by Crippen LogP contribution is 2.25. The van der Waals surface area contributed by atoms with Crippen LogP contribution in [0.4, 0.5) is 5.69 Å². The second kappa shape index (κ2) is 8.94. The van der Waals surface area contributed by atoms with Gasteiger partial charge < -0.3 is 14.8 Å². The van der Waals surface area contributed by atoms with Crippen molar-refractivity contribution < 1.29 is 19.1 Å². The fourth-order valence-corrected chi connectivity index (χ4v) is 3.68. The van der Waals surface area contributed by atoms with Crippen molar-refractivity contribution in [2.24, 2.45) is 0 Å².